The van der Waals surface area contributed by atoms with E-state index in [-0.39, 0.29) is 5.56 Å². The van der Waals surface area contributed by atoms with E-state index < -0.39 is 12.0 Å². The van der Waals surface area contributed by atoms with E-state index in [4.69, 9.17) is 0 Å². The number of hydrogen-bond acceptors (Lipinski definition) is 1. The van der Waals surface area contributed by atoms with Crippen LogP contribution in [0.3, 0.4) is 0 Å². The van der Waals surface area contributed by atoms with Crippen LogP contribution in [0.15, 0.2) is 18.2 Å². The van der Waals surface area contributed by atoms with Gasteiger partial charge in [-0.05, 0) is 50.4 Å². The van der Waals surface area contributed by atoms with Crippen LogP contribution in [0.5, 0.6) is 0 Å². The number of rotatable bonds is 2. The molecule has 0 aromatic heterocycles. The van der Waals surface area contributed by atoms with Crippen molar-refractivity contribution in [1.29, 1.82) is 0 Å². The summed E-state index contributed by atoms with van der Waals surface area (Å²) in [6, 6.07) is 4.24. The lowest BCUT2D eigenvalue weighted by Crippen LogP contribution is -2.45. The molecule has 1 unspecified atom stereocenters. The normalized spacial score (nSPS) is 21.5. The van der Waals surface area contributed by atoms with Crippen molar-refractivity contribution in [2.45, 2.75) is 45.1 Å². The quantitative estimate of drug-likeness (QED) is 0.832. The fourth-order valence-corrected chi connectivity index (χ4v) is 2.31. The van der Waals surface area contributed by atoms with E-state index in [2.05, 4.69) is 5.32 Å². The predicted octanol–water partition coefficient (Wildman–Crippen LogP) is 3.54. The molecule has 3 heteroatoms. The molecule has 0 bridgehead atoms. The first-order chi connectivity index (χ1) is 8.01. The molecule has 1 aliphatic heterocycles. The number of hydrogen-bond donors (Lipinski definition) is 1. The van der Waals surface area contributed by atoms with Crippen LogP contribution in [0, 0.1) is 13.8 Å². The van der Waals surface area contributed by atoms with Gasteiger partial charge in [0.2, 0.25) is 0 Å². The van der Waals surface area contributed by atoms with Crippen LogP contribution in [0.4, 0.5) is 8.78 Å². The third-order valence-corrected chi connectivity index (χ3v) is 3.64. The number of halogens is 2. The number of nitrogens with one attached hydrogen (secondary N) is 1. The molecule has 1 fully saturated rings. The van der Waals surface area contributed by atoms with Gasteiger partial charge in [0.05, 0.1) is 6.04 Å². The third kappa shape index (κ3) is 2.49. The highest BCUT2D eigenvalue weighted by atomic mass is 19.3. The molecule has 1 nitrogen and oxygen atoms in total. The summed E-state index contributed by atoms with van der Waals surface area (Å²) in [4.78, 5) is 0. The second-order valence-corrected chi connectivity index (χ2v) is 4.92. The molecule has 0 radical (unpaired) electrons. The Morgan fingerprint density at radius 3 is 2.53 bits per heavy atom. The molecule has 0 aliphatic carbocycles. The van der Waals surface area contributed by atoms with E-state index in [0.717, 1.165) is 24.0 Å². The van der Waals surface area contributed by atoms with E-state index in [1.165, 1.54) is 0 Å². The van der Waals surface area contributed by atoms with Crippen LogP contribution in [0.1, 0.15) is 36.0 Å². The average Bonchev–Trinajstić information content (AvgIpc) is 2.33. The standard InChI is InChI=1S/C14H19F2N/c1-10-6-7-12(9-11(10)2)14(15,16)13-5-3-4-8-17-13/h6-7,9,13,17H,3-5,8H2,1-2H3. The van der Waals surface area contributed by atoms with Crippen molar-refractivity contribution < 1.29 is 8.78 Å². The minimum Gasteiger partial charge on any atom is -0.308 e. The van der Waals surface area contributed by atoms with Gasteiger partial charge in [-0.1, -0.05) is 18.6 Å². The molecule has 17 heavy (non-hydrogen) atoms. The number of benzene rings is 1. The summed E-state index contributed by atoms with van der Waals surface area (Å²) < 4.78 is 28.6. The van der Waals surface area contributed by atoms with Crippen molar-refractivity contribution in [2.24, 2.45) is 0 Å². The lowest BCUT2D eigenvalue weighted by Gasteiger charge is -2.31. The summed E-state index contributed by atoms with van der Waals surface area (Å²) in [6.07, 6.45) is 2.44. The largest absolute Gasteiger partial charge is 0.308 e. The SMILES string of the molecule is Cc1ccc(C(F)(F)C2CCCCN2)cc1C. The Labute approximate surface area is 101 Å². The molecule has 1 saturated heterocycles. The van der Waals surface area contributed by atoms with Gasteiger partial charge in [0.15, 0.2) is 0 Å². The number of aryl methyl sites for hydroxylation is 2. The molecule has 1 N–H and O–H groups in total. The maximum atomic E-state index is 14.3. The van der Waals surface area contributed by atoms with Crippen molar-refractivity contribution in [3.63, 3.8) is 0 Å². The van der Waals surface area contributed by atoms with Crippen LogP contribution in [0.25, 0.3) is 0 Å². The molecular formula is C14H19F2N. The van der Waals surface area contributed by atoms with Crippen molar-refractivity contribution >= 4 is 0 Å². The van der Waals surface area contributed by atoms with Gasteiger partial charge in [-0.25, -0.2) is 0 Å². The summed E-state index contributed by atoms with van der Waals surface area (Å²) in [7, 11) is 0. The molecule has 1 aliphatic rings. The summed E-state index contributed by atoms with van der Waals surface area (Å²) in [5, 5.41) is 2.94. The molecule has 0 spiro atoms. The van der Waals surface area contributed by atoms with E-state index in [1.54, 1.807) is 18.2 Å². The third-order valence-electron chi connectivity index (χ3n) is 3.64. The molecule has 1 aromatic rings. The molecular weight excluding hydrogens is 220 g/mol. The highest BCUT2D eigenvalue weighted by Crippen LogP contribution is 2.35. The molecule has 94 valence electrons. The maximum Gasteiger partial charge on any atom is 0.288 e. The fourth-order valence-electron chi connectivity index (χ4n) is 2.31. The molecule has 1 aromatic carbocycles. The Morgan fingerprint density at radius 2 is 1.94 bits per heavy atom. The van der Waals surface area contributed by atoms with E-state index in [9.17, 15) is 8.78 Å². The highest BCUT2D eigenvalue weighted by Gasteiger charge is 2.41. The zero-order valence-corrected chi connectivity index (χ0v) is 10.4. The van der Waals surface area contributed by atoms with Crippen molar-refractivity contribution in [3.8, 4) is 0 Å². The maximum absolute atomic E-state index is 14.3. The van der Waals surface area contributed by atoms with Crippen LogP contribution in [0.2, 0.25) is 0 Å². The molecule has 2 rings (SSSR count). The average molecular weight is 239 g/mol. The Kier molecular flexibility index (Phi) is 3.48. The van der Waals surface area contributed by atoms with E-state index in [1.807, 2.05) is 13.8 Å². The van der Waals surface area contributed by atoms with Crippen LogP contribution >= 0.6 is 0 Å². The summed E-state index contributed by atoms with van der Waals surface area (Å²) in [5.41, 5.74) is 2.12. The van der Waals surface area contributed by atoms with Gasteiger partial charge in [-0.15, -0.1) is 0 Å². The monoisotopic (exact) mass is 239 g/mol. The second kappa shape index (κ2) is 4.73. The zero-order valence-electron chi connectivity index (χ0n) is 10.4. The number of piperidine rings is 1. The molecule has 0 amide bonds. The Balaban J connectivity index is 2.26. The number of alkyl halides is 2. The first-order valence-corrected chi connectivity index (χ1v) is 6.21. The van der Waals surface area contributed by atoms with Crippen molar-refractivity contribution in [3.05, 3.63) is 34.9 Å². The van der Waals surface area contributed by atoms with Gasteiger partial charge in [0.25, 0.3) is 5.92 Å². The lowest BCUT2D eigenvalue weighted by molar-refractivity contribution is -0.0512. The predicted molar refractivity (Wildman–Crippen MR) is 65.5 cm³/mol. The first-order valence-electron chi connectivity index (χ1n) is 6.21. The minimum absolute atomic E-state index is 0.139. The Bertz CT molecular complexity index is 395. The van der Waals surface area contributed by atoms with Crippen LogP contribution < -0.4 is 5.32 Å². The zero-order chi connectivity index (χ0) is 12.5. The molecule has 1 heterocycles. The smallest absolute Gasteiger partial charge is 0.288 e. The van der Waals surface area contributed by atoms with Crippen LogP contribution in [-0.2, 0) is 5.92 Å². The van der Waals surface area contributed by atoms with Crippen molar-refractivity contribution in [2.75, 3.05) is 6.54 Å². The fraction of sp³-hybridized carbons (Fsp3) is 0.571. The summed E-state index contributed by atoms with van der Waals surface area (Å²) in [5.74, 6) is -2.76. The van der Waals surface area contributed by atoms with Gasteiger partial charge < -0.3 is 5.32 Å². The topological polar surface area (TPSA) is 12.0 Å². The van der Waals surface area contributed by atoms with Gasteiger partial charge in [-0.3, -0.25) is 0 Å². The Hall–Kier alpha value is -0.960. The van der Waals surface area contributed by atoms with Crippen LogP contribution in [-0.4, -0.2) is 12.6 Å². The highest BCUT2D eigenvalue weighted by molar-refractivity contribution is 5.33. The summed E-state index contributed by atoms with van der Waals surface area (Å²) >= 11 is 0. The lowest BCUT2D eigenvalue weighted by atomic mass is 9.92. The summed E-state index contributed by atoms with van der Waals surface area (Å²) in [6.45, 7) is 4.52. The van der Waals surface area contributed by atoms with E-state index >= 15 is 0 Å². The van der Waals surface area contributed by atoms with Gasteiger partial charge >= 0.3 is 0 Å². The van der Waals surface area contributed by atoms with Gasteiger partial charge in [0.1, 0.15) is 0 Å². The second-order valence-electron chi connectivity index (χ2n) is 4.92. The molecule has 1 atom stereocenters. The Morgan fingerprint density at radius 1 is 1.18 bits per heavy atom. The molecule has 0 saturated carbocycles. The minimum atomic E-state index is -2.76. The van der Waals surface area contributed by atoms with Gasteiger partial charge in [0, 0.05) is 5.56 Å². The van der Waals surface area contributed by atoms with E-state index in [0.29, 0.717) is 13.0 Å². The first kappa shape index (κ1) is 12.5. The van der Waals surface area contributed by atoms with Gasteiger partial charge in [-0.2, -0.15) is 8.78 Å². The van der Waals surface area contributed by atoms with Crippen molar-refractivity contribution in [1.82, 2.24) is 5.32 Å².